The molecule has 2 aromatic carbocycles. The third-order valence-electron chi connectivity index (χ3n) is 3.03. The second-order valence-electron chi connectivity index (χ2n) is 5.11. The molecule has 130 valence electrons. The van der Waals surface area contributed by atoms with Crippen LogP contribution < -0.4 is 9.46 Å². The van der Waals surface area contributed by atoms with Crippen LogP contribution in [0.15, 0.2) is 30.3 Å². The number of hydrogen-bond donors (Lipinski definition) is 1. The van der Waals surface area contributed by atoms with Crippen LogP contribution in [0.25, 0.3) is 0 Å². The number of sulfonamides is 1. The fourth-order valence-electron chi connectivity index (χ4n) is 2.00. The van der Waals surface area contributed by atoms with E-state index in [1.54, 1.807) is 6.07 Å². The van der Waals surface area contributed by atoms with Crippen LogP contribution in [0, 0.1) is 23.0 Å². The fraction of sp³-hybridized carbons (Fsp3) is 0.125. The van der Waals surface area contributed by atoms with E-state index in [4.69, 9.17) is 10.00 Å². The monoisotopic (exact) mass is 366 g/mol. The highest BCUT2D eigenvalue weighted by atomic mass is 32.2. The lowest BCUT2D eigenvalue weighted by Gasteiger charge is -2.14. The molecule has 1 N–H and O–H groups in total. The molecule has 0 unspecified atom stereocenters. The number of carbonyl (C=O) groups excluding carboxylic acids is 1. The highest BCUT2D eigenvalue weighted by Crippen LogP contribution is 2.34. The summed E-state index contributed by atoms with van der Waals surface area (Å²) in [6.07, 6.45) is 0.876. The van der Waals surface area contributed by atoms with Crippen LogP contribution in [-0.4, -0.2) is 20.5 Å². The summed E-state index contributed by atoms with van der Waals surface area (Å²) in [5, 5.41) is 9.15. The molecule has 0 fully saturated rings. The van der Waals surface area contributed by atoms with Crippen molar-refractivity contribution < 1.29 is 26.7 Å². The van der Waals surface area contributed by atoms with Crippen LogP contribution in [-0.2, 0) is 10.0 Å². The maximum atomic E-state index is 13.8. The van der Waals surface area contributed by atoms with Crippen molar-refractivity contribution >= 4 is 21.5 Å². The van der Waals surface area contributed by atoms with Crippen molar-refractivity contribution in [2.45, 2.75) is 6.92 Å². The molecule has 9 heteroatoms. The molecule has 0 atom stereocenters. The van der Waals surface area contributed by atoms with E-state index in [1.165, 1.54) is 6.92 Å². The molecular formula is C16H12F2N2O4S. The Bertz CT molecular complexity index is 998. The highest BCUT2D eigenvalue weighted by Gasteiger charge is 2.18. The highest BCUT2D eigenvalue weighted by molar-refractivity contribution is 7.92. The molecule has 0 bridgehead atoms. The lowest BCUT2D eigenvalue weighted by molar-refractivity contribution is 0.101. The second-order valence-corrected chi connectivity index (χ2v) is 6.86. The van der Waals surface area contributed by atoms with E-state index < -0.39 is 27.4 Å². The van der Waals surface area contributed by atoms with Gasteiger partial charge in [-0.25, -0.2) is 17.2 Å². The normalized spacial score (nSPS) is 10.8. The van der Waals surface area contributed by atoms with Gasteiger partial charge in [0.2, 0.25) is 10.0 Å². The maximum Gasteiger partial charge on any atom is 0.229 e. The summed E-state index contributed by atoms with van der Waals surface area (Å²) in [4.78, 5) is 11.6. The van der Waals surface area contributed by atoms with Crippen molar-refractivity contribution in [3.63, 3.8) is 0 Å². The molecule has 0 amide bonds. The molecule has 0 aromatic heterocycles. The van der Waals surface area contributed by atoms with E-state index >= 15 is 0 Å². The molecule has 2 aromatic rings. The van der Waals surface area contributed by atoms with Crippen molar-refractivity contribution in [3.05, 3.63) is 53.1 Å². The van der Waals surface area contributed by atoms with Crippen LogP contribution in [0.2, 0.25) is 0 Å². The summed E-state index contributed by atoms with van der Waals surface area (Å²) in [6, 6.07) is 6.57. The SMILES string of the molecule is CC(=O)c1cc(NS(C)(=O)=O)c(Oc2ccc(F)cc2F)cc1C#N. The Morgan fingerprint density at radius 1 is 1.20 bits per heavy atom. The van der Waals surface area contributed by atoms with Gasteiger partial charge in [0, 0.05) is 17.7 Å². The Balaban J connectivity index is 2.61. The number of benzene rings is 2. The number of carbonyl (C=O) groups is 1. The van der Waals surface area contributed by atoms with Gasteiger partial charge in [-0.3, -0.25) is 9.52 Å². The average Bonchev–Trinajstić information content (AvgIpc) is 2.49. The standard InChI is InChI=1S/C16H12F2N2O4S/c1-9(21)12-7-14(20-25(2,22)23)16(5-10(12)8-19)24-15-4-3-11(17)6-13(15)18/h3-7,20H,1-2H3. The minimum atomic E-state index is -3.75. The minimum absolute atomic E-state index is 0.0272. The maximum absolute atomic E-state index is 13.8. The first-order valence-corrected chi connectivity index (χ1v) is 8.69. The molecule has 6 nitrogen and oxygen atoms in total. The minimum Gasteiger partial charge on any atom is -0.452 e. The Morgan fingerprint density at radius 3 is 2.40 bits per heavy atom. The fourth-order valence-corrected chi connectivity index (χ4v) is 2.56. The number of ketones is 1. The van der Waals surface area contributed by atoms with Gasteiger partial charge in [0.15, 0.2) is 23.1 Å². The molecular weight excluding hydrogens is 354 g/mol. The van der Waals surface area contributed by atoms with Crippen LogP contribution in [0.1, 0.15) is 22.8 Å². The molecule has 25 heavy (non-hydrogen) atoms. The van der Waals surface area contributed by atoms with Crippen LogP contribution in [0.3, 0.4) is 0 Å². The van der Waals surface area contributed by atoms with Gasteiger partial charge >= 0.3 is 0 Å². The molecule has 0 aliphatic rings. The van der Waals surface area contributed by atoms with Crippen molar-refractivity contribution in [2.75, 3.05) is 11.0 Å². The lowest BCUT2D eigenvalue weighted by Crippen LogP contribution is -2.12. The number of nitrogens with one attached hydrogen (secondary N) is 1. The molecule has 2 rings (SSSR count). The van der Waals surface area contributed by atoms with E-state index in [0.717, 1.165) is 30.5 Å². The molecule has 0 spiro atoms. The number of anilines is 1. The van der Waals surface area contributed by atoms with Gasteiger partial charge in [-0.1, -0.05) is 0 Å². The van der Waals surface area contributed by atoms with Gasteiger partial charge in [0.25, 0.3) is 0 Å². The van der Waals surface area contributed by atoms with Gasteiger partial charge in [-0.2, -0.15) is 5.26 Å². The molecule has 0 aliphatic carbocycles. The van der Waals surface area contributed by atoms with Crippen molar-refractivity contribution in [2.24, 2.45) is 0 Å². The Hall–Kier alpha value is -2.99. The quantitative estimate of drug-likeness (QED) is 0.820. The first-order chi connectivity index (χ1) is 11.6. The number of nitriles is 1. The summed E-state index contributed by atoms with van der Waals surface area (Å²) in [5.41, 5.74) is -0.264. The van der Waals surface area contributed by atoms with E-state index in [0.29, 0.717) is 6.07 Å². The van der Waals surface area contributed by atoms with Gasteiger partial charge in [-0.05, 0) is 25.1 Å². The topological polar surface area (TPSA) is 96.3 Å². The zero-order valence-corrected chi connectivity index (χ0v) is 13.9. The first kappa shape index (κ1) is 18.4. The van der Waals surface area contributed by atoms with E-state index in [-0.39, 0.29) is 28.3 Å². The smallest absolute Gasteiger partial charge is 0.229 e. The predicted octanol–water partition coefficient (Wildman–Crippen LogP) is 3.20. The van der Waals surface area contributed by atoms with E-state index in [9.17, 15) is 22.0 Å². The molecule has 0 saturated heterocycles. The van der Waals surface area contributed by atoms with Crippen LogP contribution in [0.5, 0.6) is 11.5 Å². The zero-order valence-electron chi connectivity index (χ0n) is 13.1. The number of hydrogen-bond acceptors (Lipinski definition) is 5. The Labute approximate surface area is 142 Å². The Kier molecular flexibility index (Phi) is 5.04. The molecule has 0 saturated carbocycles. The molecule has 0 aliphatic heterocycles. The third kappa shape index (κ3) is 4.51. The number of nitrogens with zero attached hydrogens (tertiary/aromatic N) is 1. The summed E-state index contributed by atoms with van der Waals surface area (Å²) >= 11 is 0. The summed E-state index contributed by atoms with van der Waals surface area (Å²) in [5.74, 6) is -2.88. The number of rotatable bonds is 5. The summed E-state index contributed by atoms with van der Waals surface area (Å²) in [7, 11) is -3.75. The second kappa shape index (κ2) is 6.86. The van der Waals surface area contributed by atoms with Gasteiger partial charge in [0.05, 0.1) is 17.5 Å². The average molecular weight is 366 g/mol. The van der Waals surface area contributed by atoms with E-state index in [1.807, 2.05) is 0 Å². The summed E-state index contributed by atoms with van der Waals surface area (Å²) in [6.45, 7) is 1.21. The van der Waals surface area contributed by atoms with Gasteiger partial charge < -0.3 is 4.74 Å². The lowest BCUT2D eigenvalue weighted by atomic mass is 10.0. The van der Waals surface area contributed by atoms with Gasteiger partial charge in [-0.15, -0.1) is 0 Å². The van der Waals surface area contributed by atoms with Crippen molar-refractivity contribution in [1.82, 2.24) is 0 Å². The Morgan fingerprint density at radius 2 is 1.88 bits per heavy atom. The third-order valence-corrected chi connectivity index (χ3v) is 3.62. The number of Topliss-reactive ketones (excluding diaryl/α,β-unsaturated/α-hetero) is 1. The van der Waals surface area contributed by atoms with Crippen molar-refractivity contribution in [1.29, 1.82) is 5.26 Å². The van der Waals surface area contributed by atoms with E-state index in [2.05, 4.69) is 4.72 Å². The van der Waals surface area contributed by atoms with Crippen LogP contribution >= 0.6 is 0 Å². The first-order valence-electron chi connectivity index (χ1n) is 6.80. The zero-order chi connectivity index (χ0) is 18.8. The van der Waals surface area contributed by atoms with Gasteiger partial charge in [0.1, 0.15) is 11.9 Å². The molecule has 0 heterocycles. The van der Waals surface area contributed by atoms with Crippen LogP contribution in [0.4, 0.5) is 14.5 Å². The number of halogens is 2. The molecule has 0 radical (unpaired) electrons. The number of ether oxygens (including phenoxy) is 1. The van der Waals surface area contributed by atoms with Crippen molar-refractivity contribution in [3.8, 4) is 17.6 Å². The summed E-state index contributed by atoms with van der Waals surface area (Å²) < 4.78 is 57.2. The predicted molar refractivity (Wildman–Crippen MR) is 86.1 cm³/mol. The largest absolute Gasteiger partial charge is 0.452 e.